The molecule has 1 atom stereocenters. The summed E-state index contributed by atoms with van der Waals surface area (Å²) in [6.45, 7) is 17.1. The first-order chi connectivity index (χ1) is 7.31. The number of hydrogen-bond acceptors (Lipinski definition) is 2. The van der Waals surface area contributed by atoms with E-state index in [2.05, 4.69) is 58.8 Å². The van der Waals surface area contributed by atoms with E-state index in [0.29, 0.717) is 11.0 Å². The van der Waals surface area contributed by atoms with Gasteiger partial charge in [0.25, 0.3) is 0 Å². The monoisotopic (exact) mass is 228 g/mol. The molecule has 1 N–H and O–H groups in total. The van der Waals surface area contributed by atoms with Crippen molar-refractivity contribution in [1.82, 2.24) is 10.2 Å². The number of rotatable bonds is 8. The molecule has 0 aromatic carbocycles. The third kappa shape index (κ3) is 4.84. The molecule has 1 unspecified atom stereocenters. The van der Waals surface area contributed by atoms with Crippen LogP contribution in [-0.4, -0.2) is 37.1 Å². The van der Waals surface area contributed by atoms with Gasteiger partial charge < -0.3 is 10.2 Å². The molecule has 0 radical (unpaired) electrons. The average Bonchev–Trinajstić information content (AvgIpc) is 2.26. The third-order valence-electron chi connectivity index (χ3n) is 4.17. The summed E-state index contributed by atoms with van der Waals surface area (Å²) in [7, 11) is 2.25. The van der Waals surface area contributed by atoms with Crippen LogP contribution in [0.1, 0.15) is 54.4 Å². The Kier molecular flexibility index (Phi) is 6.57. The van der Waals surface area contributed by atoms with E-state index in [1.54, 1.807) is 0 Å². The Morgan fingerprint density at radius 2 is 1.56 bits per heavy atom. The van der Waals surface area contributed by atoms with Crippen molar-refractivity contribution in [3.05, 3.63) is 0 Å². The smallest absolute Gasteiger partial charge is 0.0147 e. The van der Waals surface area contributed by atoms with Gasteiger partial charge in [-0.3, -0.25) is 0 Å². The molecule has 0 spiro atoms. The van der Waals surface area contributed by atoms with Crippen molar-refractivity contribution in [3.63, 3.8) is 0 Å². The molecule has 0 saturated carbocycles. The molecule has 2 heteroatoms. The molecular formula is C14H32N2. The topological polar surface area (TPSA) is 15.3 Å². The molecule has 0 bridgehead atoms. The second kappa shape index (κ2) is 6.61. The van der Waals surface area contributed by atoms with Crippen LogP contribution in [0.3, 0.4) is 0 Å². The molecule has 0 rings (SSSR count). The van der Waals surface area contributed by atoms with Crippen molar-refractivity contribution in [1.29, 1.82) is 0 Å². The molecule has 16 heavy (non-hydrogen) atoms. The van der Waals surface area contributed by atoms with Gasteiger partial charge in [0.2, 0.25) is 0 Å². The van der Waals surface area contributed by atoms with Crippen LogP contribution in [0.15, 0.2) is 0 Å². The fraction of sp³-hybridized carbons (Fsp3) is 1.00. The largest absolute Gasteiger partial charge is 0.316 e. The van der Waals surface area contributed by atoms with Gasteiger partial charge in [-0.1, -0.05) is 27.7 Å². The predicted molar refractivity (Wildman–Crippen MR) is 73.9 cm³/mol. The highest BCUT2D eigenvalue weighted by Crippen LogP contribution is 2.26. The van der Waals surface area contributed by atoms with Gasteiger partial charge >= 0.3 is 0 Å². The van der Waals surface area contributed by atoms with Gasteiger partial charge in [-0.2, -0.15) is 0 Å². The molecule has 0 heterocycles. The summed E-state index contributed by atoms with van der Waals surface area (Å²) in [6.07, 6.45) is 2.43. The summed E-state index contributed by atoms with van der Waals surface area (Å²) in [5, 5.41) is 3.49. The fourth-order valence-electron chi connectivity index (χ4n) is 1.78. The number of hydrogen-bond donors (Lipinski definition) is 1. The molecule has 98 valence electrons. The van der Waals surface area contributed by atoms with E-state index < -0.39 is 0 Å². The van der Waals surface area contributed by atoms with Crippen molar-refractivity contribution in [3.8, 4) is 0 Å². The summed E-state index contributed by atoms with van der Waals surface area (Å²) >= 11 is 0. The van der Waals surface area contributed by atoms with Crippen LogP contribution in [-0.2, 0) is 0 Å². The quantitative estimate of drug-likeness (QED) is 0.686. The highest BCUT2D eigenvalue weighted by molar-refractivity contribution is 4.85. The minimum absolute atomic E-state index is 0.308. The van der Waals surface area contributed by atoms with Gasteiger partial charge in [0.05, 0.1) is 0 Å². The van der Waals surface area contributed by atoms with Crippen molar-refractivity contribution in [2.24, 2.45) is 5.41 Å². The minimum atomic E-state index is 0.308. The maximum Gasteiger partial charge on any atom is 0.0147 e. The molecule has 2 nitrogen and oxygen atoms in total. The van der Waals surface area contributed by atoms with Gasteiger partial charge in [-0.25, -0.2) is 0 Å². The lowest BCUT2D eigenvalue weighted by Gasteiger charge is -2.41. The average molecular weight is 228 g/mol. The van der Waals surface area contributed by atoms with Crippen molar-refractivity contribution in [2.75, 3.05) is 26.7 Å². The van der Waals surface area contributed by atoms with Gasteiger partial charge in [0.1, 0.15) is 0 Å². The van der Waals surface area contributed by atoms with E-state index in [4.69, 9.17) is 0 Å². The van der Waals surface area contributed by atoms with Crippen LogP contribution in [0, 0.1) is 5.41 Å². The Morgan fingerprint density at radius 3 is 1.94 bits per heavy atom. The van der Waals surface area contributed by atoms with Gasteiger partial charge in [-0.15, -0.1) is 0 Å². The fourth-order valence-corrected chi connectivity index (χ4v) is 1.78. The Labute approximate surface area is 103 Å². The van der Waals surface area contributed by atoms with E-state index >= 15 is 0 Å². The summed E-state index contributed by atoms with van der Waals surface area (Å²) in [4.78, 5) is 2.51. The summed E-state index contributed by atoms with van der Waals surface area (Å²) in [6, 6.07) is 0. The normalized spacial score (nSPS) is 16.5. The van der Waals surface area contributed by atoms with Gasteiger partial charge in [0, 0.05) is 18.6 Å². The SMILES string of the molecule is CCNCC(C)(CC)CN(C)C(C)(C)CC. The summed E-state index contributed by atoms with van der Waals surface area (Å²) < 4.78 is 0. The van der Waals surface area contributed by atoms with Crippen molar-refractivity contribution >= 4 is 0 Å². The standard InChI is InChI=1S/C14H32N2/c1-8-13(4,5)16(7)12-14(6,9-2)11-15-10-3/h15H,8-12H2,1-7H3. The van der Waals surface area contributed by atoms with E-state index in [-0.39, 0.29) is 0 Å². The lowest BCUT2D eigenvalue weighted by Crippen LogP contribution is -2.48. The Morgan fingerprint density at radius 1 is 1.00 bits per heavy atom. The van der Waals surface area contributed by atoms with Crippen LogP contribution in [0.5, 0.6) is 0 Å². The molecule has 0 aliphatic carbocycles. The predicted octanol–water partition coefficient (Wildman–Crippen LogP) is 3.13. The van der Waals surface area contributed by atoms with Crippen LogP contribution >= 0.6 is 0 Å². The zero-order valence-corrected chi connectivity index (χ0v) is 12.5. The molecule has 0 aromatic rings. The van der Waals surface area contributed by atoms with Crippen molar-refractivity contribution < 1.29 is 0 Å². The Bertz CT molecular complexity index is 189. The highest BCUT2D eigenvalue weighted by Gasteiger charge is 2.29. The first kappa shape index (κ1) is 15.9. The highest BCUT2D eigenvalue weighted by atomic mass is 15.2. The second-order valence-corrected chi connectivity index (χ2v) is 5.97. The number of nitrogens with zero attached hydrogens (tertiary/aromatic N) is 1. The number of nitrogens with one attached hydrogen (secondary N) is 1. The summed E-state index contributed by atoms with van der Waals surface area (Å²) in [5.74, 6) is 0. The first-order valence-corrected chi connectivity index (χ1v) is 6.73. The van der Waals surface area contributed by atoms with E-state index in [9.17, 15) is 0 Å². The van der Waals surface area contributed by atoms with E-state index in [1.165, 1.54) is 12.8 Å². The maximum atomic E-state index is 3.49. The minimum Gasteiger partial charge on any atom is -0.316 e. The third-order valence-corrected chi connectivity index (χ3v) is 4.17. The molecule has 0 fully saturated rings. The Hall–Kier alpha value is -0.0800. The van der Waals surface area contributed by atoms with Crippen LogP contribution < -0.4 is 5.32 Å². The molecule has 0 saturated heterocycles. The van der Waals surface area contributed by atoms with Crippen LogP contribution in [0.2, 0.25) is 0 Å². The zero-order chi connectivity index (χ0) is 12.8. The lowest BCUT2D eigenvalue weighted by atomic mass is 9.85. The van der Waals surface area contributed by atoms with Gasteiger partial charge in [-0.05, 0) is 45.7 Å². The molecule has 0 aliphatic heterocycles. The molecule has 0 aromatic heterocycles. The molecule has 0 aliphatic rings. The lowest BCUT2D eigenvalue weighted by molar-refractivity contribution is 0.0871. The summed E-state index contributed by atoms with van der Waals surface area (Å²) in [5.41, 5.74) is 0.694. The van der Waals surface area contributed by atoms with E-state index in [1.807, 2.05) is 0 Å². The zero-order valence-electron chi connectivity index (χ0n) is 12.5. The molecule has 0 amide bonds. The second-order valence-electron chi connectivity index (χ2n) is 5.97. The maximum absolute atomic E-state index is 3.49. The van der Waals surface area contributed by atoms with Crippen molar-refractivity contribution in [2.45, 2.75) is 59.9 Å². The van der Waals surface area contributed by atoms with Crippen LogP contribution in [0.4, 0.5) is 0 Å². The van der Waals surface area contributed by atoms with Gasteiger partial charge in [0.15, 0.2) is 0 Å². The van der Waals surface area contributed by atoms with E-state index in [0.717, 1.165) is 19.6 Å². The molecular weight excluding hydrogens is 196 g/mol. The first-order valence-electron chi connectivity index (χ1n) is 6.73. The van der Waals surface area contributed by atoms with Crippen LogP contribution in [0.25, 0.3) is 0 Å². The Balaban J connectivity index is 4.40.